The average Bonchev–Trinajstić information content (AvgIpc) is 3.36. The smallest absolute Gasteiger partial charge is 0.339 e. The van der Waals surface area contributed by atoms with Gasteiger partial charge in [-0.2, -0.15) is 0 Å². The van der Waals surface area contributed by atoms with Crippen LogP contribution in [0.3, 0.4) is 0 Å². The second kappa shape index (κ2) is 7.64. The number of esters is 2. The maximum atomic E-state index is 13.0. The molecule has 2 fully saturated rings. The molecule has 0 spiro atoms. The Hall–Kier alpha value is -2.66. The molecule has 0 N–H and O–H groups in total. The lowest BCUT2D eigenvalue weighted by atomic mass is 9.90. The van der Waals surface area contributed by atoms with Crippen LogP contribution in [0, 0.1) is 17.8 Å². The summed E-state index contributed by atoms with van der Waals surface area (Å²) >= 11 is 0. The standard InChI is InChI=1S/C24H24O5/c25-23(19-9-5-7-15-6-1-2-8-18(15)19)29-22-17-12-11-16(14-17)21(22)24(26)28-20-10-3-4-13-27-20/h1-2,5-9,11-12,16-17,20-22H,3-4,10,13-14H2. The minimum atomic E-state index is -0.493. The molecule has 5 heteroatoms. The van der Waals surface area contributed by atoms with Crippen molar-refractivity contribution < 1.29 is 23.8 Å². The highest BCUT2D eigenvalue weighted by Crippen LogP contribution is 2.46. The normalized spacial score (nSPS) is 30.4. The number of benzene rings is 2. The Morgan fingerprint density at radius 1 is 0.931 bits per heavy atom. The Morgan fingerprint density at radius 2 is 1.76 bits per heavy atom. The van der Waals surface area contributed by atoms with Crippen molar-refractivity contribution in [3.05, 3.63) is 60.2 Å². The summed E-state index contributed by atoms with van der Waals surface area (Å²) in [5, 5.41) is 1.84. The van der Waals surface area contributed by atoms with Crippen molar-refractivity contribution in [1.29, 1.82) is 0 Å². The molecule has 150 valence electrons. The lowest BCUT2D eigenvalue weighted by Crippen LogP contribution is -2.39. The predicted molar refractivity (Wildman–Crippen MR) is 107 cm³/mol. The second-order valence-electron chi connectivity index (χ2n) is 8.10. The molecule has 1 saturated carbocycles. The largest absolute Gasteiger partial charge is 0.457 e. The molecule has 5 nitrogen and oxygen atoms in total. The molecule has 29 heavy (non-hydrogen) atoms. The van der Waals surface area contributed by atoms with Crippen LogP contribution < -0.4 is 0 Å². The van der Waals surface area contributed by atoms with E-state index in [0.29, 0.717) is 12.2 Å². The van der Waals surface area contributed by atoms with Crippen molar-refractivity contribution in [1.82, 2.24) is 0 Å². The summed E-state index contributed by atoms with van der Waals surface area (Å²) in [5.41, 5.74) is 0.526. The van der Waals surface area contributed by atoms with Crippen LogP contribution in [0.1, 0.15) is 36.0 Å². The van der Waals surface area contributed by atoms with Crippen molar-refractivity contribution in [2.45, 2.75) is 38.1 Å². The van der Waals surface area contributed by atoms with Gasteiger partial charge in [0.1, 0.15) is 12.0 Å². The summed E-state index contributed by atoms with van der Waals surface area (Å²) in [6, 6.07) is 13.3. The van der Waals surface area contributed by atoms with Gasteiger partial charge in [0.25, 0.3) is 0 Å². The van der Waals surface area contributed by atoms with Crippen LogP contribution in [-0.2, 0) is 19.0 Å². The first-order chi connectivity index (χ1) is 14.2. The molecule has 1 heterocycles. The van der Waals surface area contributed by atoms with Crippen LogP contribution in [0.25, 0.3) is 10.8 Å². The molecule has 0 aromatic heterocycles. The van der Waals surface area contributed by atoms with Gasteiger partial charge in [-0.15, -0.1) is 0 Å². The molecule has 2 aliphatic carbocycles. The van der Waals surface area contributed by atoms with Crippen LogP contribution in [0.4, 0.5) is 0 Å². The molecule has 0 radical (unpaired) electrons. The van der Waals surface area contributed by atoms with Gasteiger partial charge in [0.05, 0.1) is 12.2 Å². The highest BCUT2D eigenvalue weighted by atomic mass is 16.7. The van der Waals surface area contributed by atoms with Crippen molar-refractivity contribution >= 4 is 22.7 Å². The zero-order chi connectivity index (χ0) is 19.8. The van der Waals surface area contributed by atoms with Gasteiger partial charge < -0.3 is 14.2 Å². The number of hydrogen-bond acceptors (Lipinski definition) is 5. The van der Waals surface area contributed by atoms with Gasteiger partial charge >= 0.3 is 11.9 Å². The Labute approximate surface area is 169 Å². The third-order valence-corrected chi connectivity index (χ3v) is 6.30. The lowest BCUT2D eigenvalue weighted by Gasteiger charge is -2.29. The van der Waals surface area contributed by atoms with E-state index in [2.05, 4.69) is 12.2 Å². The summed E-state index contributed by atoms with van der Waals surface area (Å²) in [6.45, 7) is 0.619. The van der Waals surface area contributed by atoms with E-state index >= 15 is 0 Å². The quantitative estimate of drug-likeness (QED) is 0.575. The number of rotatable bonds is 4. The van der Waals surface area contributed by atoms with Crippen LogP contribution in [0.2, 0.25) is 0 Å². The molecule has 5 rings (SSSR count). The molecule has 3 aliphatic rings. The van der Waals surface area contributed by atoms with E-state index in [4.69, 9.17) is 14.2 Å². The average molecular weight is 392 g/mol. The molecule has 2 aromatic carbocycles. The monoisotopic (exact) mass is 392 g/mol. The van der Waals surface area contributed by atoms with Gasteiger partial charge in [-0.25, -0.2) is 4.79 Å². The van der Waals surface area contributed by atoms with Crippen molar-refractivity contribution in [2.24, 2.45) is 17.8 Å². The van der Waals surface area contributed by atoms with Crippen molar-refractivity contribution in [3.63, 3.8) is 0 Å². The highest BCUT2D eigenvalue weighted by Gasteiger charge is 2.51. The fraction of sp³-hybridized carbons (Fsp3) is 0.417. The summed E-state index contributed by atoms with van der Waals surface area (Å²) in [7, 11) is 0. The number of fused-ring (bicyclic) bond motifs is 3. The van der Waals surface area contributed by atoms with Crippen LogP contribution >= 0.6 is 0 Å². The first-order valence-corrected chi connectivity index (χ1v) is 10.4. The van der Waals surface area contributed by atoms with Gasteiger partial charge in [0, 0.05) is 12.3 Å². The van der Waals surface area contributed by atoms with E-state index in [0.717, 1.165) is 36.5 Å². The molecular weight excluding hydrogens is 368 g/mol. The Kier molecular flexibility index (Phi) is 4.84. The van der Waals surface area contributed by atoms with E-state index in [1.165, 1.54) is 0 Å². The van der Waals surface area contributed by atoms with Crippen LogP contribution in [-0.4, -0.2) is 30.9 Å². The molecule has 0 amide bonds. The maximum Gasteiger partial charge on any atom is 0.339 e. The van der Waals surface area contributed by atoms with Crippen molar-refractivity contribution in [2.75, 3.05) is 6.61 Å². The van der Waals surface area contributed by atoms with E-state index in [9.17, 15) is 9.59 Å². The summed E-state index contributed by atoms with van der Waals surface area (Å²) in [6.07, 6.45) is 6.68. The third kappa shape index (κ3) is 3.44. The van der Waals surface area contributed by atoms with E-state index in [1.54, 1.807) is 6.07 Å². The zero-order valence-electron chi connectivity index (χ0n) is 16.2. The molecule has 1 saturated heterocycles. The van der Waals surface area contributed by atoms with Gasteiger partial charge in [-0.3, -0.25) is 4.79 Å². The Morgan fingerprint density at radius 3 is 2.62 bits per heavy atom. The SMILES string of the molecule is O=C(OC1C2C=CC(C2)C1C(=O)OC1CCCCO1)c1cccc2ccccc12. The van der Waals surface area contributed by atoms with Gasteiger partial charge in [0.15, 0.2) is 0 Å². The number of carbonyl (C=O) groups excluding carboxylic acids is 2. The third-order valence-electron chi connectivity index (χ3n) is 6.30. The number of carbonyl (C=O) groups is 2. The Bertz CT molecular complexity index is 953. The first-order valence-electron chi connectivity index (χ1n) is 10.4. The number of allylic oxidation sites excluding steroid dienone is 1. The predicted octanol–water partition coefficient (Wildman–Crippen LogP) is 4.26. The van der Waals surface area contributed by atoms with Gasteiger partial charge in [-0.1, -0.05) is 48.6 Å². The molecule has 1 aliphatic heterocycles. The zero-order valence-corrected chi connectivity index (χ0v) is 16.2. The minimum Gasteiger partial charge on any atom is -0.457 e. The lowest BCUT2D eigenvalue weighted by molar-refractivity contribution is -0.194. The maximum absolute atomic E-state index is 13.0. The summed E-state index contributed by atoms with van der Waals surface area (Å²) < 4.78 is 17.1. The van der Waals surface area contributed by atoms with E-state index in [1.807, 2.05) is 36.4 Å². The molecule has 2 bridgehead atoms. The minimum absolute atomic E-state index is 0.0569. The number of hydrogen-bond donors (Lipinski definition) is 0. The summed E-state index contributed by atoms with van der Waals surface area (Å²) in [5.74, 6) is -1.05. The number of ether oxygens (including phenoxy) is 3. The van der Waals surface area contributed by atoms with Crippen LogP contribution in [0.5, 0.6) is 0 Å². The summed E-state index contributed by atoms with van der Waals surface area (Å²) in [4.78, 5) is 25.9. The van der Waals surface area contributed by atoms with Gasteiger partial charge in [0.2, 0.25) is 6.29 Å². The molecule has 2 aromatic rings. The fourth-order valence-electron chi connectivity index (χ4n) is 4.85. The van der Waals surface area contributed by atoms with Gasteiger partial charge in [-0.05, 0) is 42.0 Å². The topological polar surface area (TPSA) is 61.8 Å². The van der Waals surface area contributed by atoms with Crippen LogP contribution in [0.15, 0.2) is 54.6 Å². The second-order valence-corrected chi connectivity index (χ2v) is 8.10. The Balaban J connectivity index is 1.35. The first kappa shape index (κ1) is 18.4. The van der Waals surface area contributed by atoms with Crippen molar-refractivity contribution in [3.8, 4) is 0 Å². The van der Waals surface area contributed by atoms with E-state index < -0.39 is 18.3 Å². The highest BCUT2D eigenvalue weighted by molar-refractivity contribution is 6.04. The molecule has 5 atom stereocenters. The fourth-order valence-corrected chi connectivity index (χ4v) is 4.85. The van der Waals surface area contributed by atoms with E-state index in [-0.39, 0.29) is 23.8 Å². The molecule has 5 unspecified atom stereocenters. The molecular formula is C24H24O5.